The van der Waals surface area contributed by atoms with E-state index in [0.29, 0.717) is 12.1 Å². The third kappa shape index (κ3) is 3.15. The fraction of sp³-hybridized carbons (Fsp3) is 0.391. The number of fused-ring (bicyclic) bond motifs is 3. The van der Waals surface area contributed by atoms with E-state index in [9.17, 15) is 0 Å². The zero-order valence-electron chi connectivity index (χ0n) is 16.4. The predicted molar refractivity (Wildman–Crippen MR) is 111 cm³/mol. The minimum absolute atomic E-state index is 0.379. The molecule has 2 aliphatic heterocycles. The Morgan fingerprint density at radius 1 is 0.929 bits per heavy atom. The second-order valence-electron chi connectivity index (χ2n) is 7.98. The van der Waals surface area contributed by atoms with Crippen molar-refractivity contribution in [2.45, 2.75) is 38.5 Å². The minimum Gasteiger partial charge on any atom is -0.295 e. The normalized spacial score (nSPS) is 22.2. The van der Waals surface area contributed by atoms with E-state index in [1.54, 1.807) is 0 Å². The summed E-state index contributed by atoms with van der Waals surface area (Å²) in [6.45, 7) is 7.46. The quantitative estimate of drug-likeness (QED) is 0.685. The van der Waals surface area contributed by atoms with E-state index in [0.717, 1.165) is 44.0 Å². The summed E-state index contributed by atoms with van der Waals surface area (Å²) in [5, 5.41) is 9.23. The van der Waals surface area contributed by atoms with Crippen LogP contribution < -0.4 is 0 Å². The zero-order valence-corrected chi connectivity index (χ0v) is 16.4. The van der Waals surface area contributed by atoms with Crippen LogP contribution in [0.4, 0.5) is 0 Å². The van der Waals surface area contributed by atoms with Gasteiger partial charge in [-0.3, -0.25) is 9.80 Å². The van der Waals surface area contributed by atoms with Crippen LogP contribution in [0.2, 0.25) is 0 Å². The Bertz CT molecular complexity index is 921. The van der Waals surface area contributed by atoms with Gasteiger partial charge in [0.2, 0.25) is 0 Å². The smallest absolute Gasteiger partial charge is 0.117 e. The Morgan fingerprint density at radius 3 is 2.39 bits per heavy atom. The van der Waals surface area contributed by atoms with Crippen LogP contribution in [0.1, 0.15) is 30.6 Å². The Morgan fingerprint density at radius 2 is 1.64 bits per heavy atom. The maximum atomic E-state index is 4.63. The molecule has 0 radical (unpaired) electrons. The molecule has 0 bridgehead atoms. The van der Waals surface area contributed by atoms with Crippen LogP contribution >= 0.6 is 0 Å². The van der Waals surface area contributed by atoms with Crippen LogP contribution in [0.3, 0.4) is 0 Å². The number of nitrogens with zero attached hydrogens (tertiary/aromatic N) is 5. The van der Waals surface area contributed by atoms with E-state index >= 15 is 0 Å². The molecule has 0 unspecified atom stereocenters. The predicted octanol–water partition coefficient (Wildman–Crippen LogP) is 3.60. The van der Waals surface area contributed by atoms with E-state index in [2.05, 4.69) is 92.4 Å². The highest BCUT2D eigenvalue weighted by Crippen LogP contribution is 2.36. The first-order valence-electron chi connectivity index (χ1n) is 10.3. The summed E-state index contributed by atoms with van der Waals surface area (Å²) in [5.41, 5.74) is 4.86. The Balaban J connectivity index is 1.45. The summed E-state index contributed by atoms with van der Waals surface area (Å²) in [6, 6.07) is 22.2. The van der Waals surface area contributed by atoms with Gasteiger partial charge in [0, 0.05) is 37.8 Å². The first kappa shape index (κ1) is 17.6. The molecular formula is C23H27N5. The van der Waals surface area contributed by atoms with E-state index in [-0.39, 0.29) is 0 Å². The van der Waals surface area contributed by atoms with Crippen LogP contribution in [0.25, 0.3) is 11.3 Å². The number of aromatic nitrogens is 3. The second-order valence-corrected chi connectivity index (χ2v) is 7.98. The Labute approximate surface area is 166 Å². The lowest BCUT2D eigenvalue weighted by atomic mass is 10.0. The SMILES string of the molecule is CCCN1Cc2c(-c3ccccc3)nnn2[C@@H]2CN(Cc3ccccc3)C[C@@H]21. The van der Waals surface area contributed by atoms with Gasteiger partial charge in [0.05, 0.1) is 11.7 Å². The monoisotopic (exact) mass is 373 g/mol. The summed E-state index contributed by atoms with van der Waals surface area (Å²) in [5.74, 6) is 0. The topological polar surface area (TPSA) is 37.2 Å². The number of hydrogen-bond acceptors (Lipinski definition) is 4. The fourth-order valence-electron chi connectivity index (χ4n) is 4.81. The van der Waals surface area contributed by atoms with Gasteiger partial charge in [0.15, 0.2) is 0 Å². The molecule has 1 fully saturated rings. The van der Waals surface area contributed by atoms with Gasteiger partial charge in [-0.05, 0) is 18.5 Å². The summed E-state index contributed by atoms with van der Waals surface area (Å²) in [6.07, 6.45) is 1.17. The molecule has 2 aliphatic rings. The molecule has 28 heavy (non-hydrogen) atoms. The third-order valence-corrected chi connectivity index (χ3v) is 6.07. The zero-order chi connectivity index (χ0) is 18.9. The molecule has 144 valence electrons. The van der Waals surface area contributed by atoms with E-state index < -0.39 is 0 Å². The minimum atomic E-state index is 0.379. The van der Waals surface area contributed by atoms with Gasteiger partial charge in [-0.1, -0.05) is 72.8 Å². The molecule has 3 aromatic rings. The average molecular weight is 374 g/mol. The first-order chi connectivity index (χ1) is 13.8. The highest BCUT2D eigenvalue weighted by atomic mass is 15.5. The molecule has 2 atom stereocenters. The lowest BCUT2D eigenvalue weighted by Gasteiger charge is -2.37. The van der Waals surface area contributed by atoms with Crippen molar-refractivity contribution in [2.75, 3.05) is 19.6 Å². The molecule has 5 rings (SSSR count). The summed E-state index contributed by atoms with van der Waals surface area (Å²) in [4.78, 5) is 5.23. The summed E-state index contributed by atoms with van der Waals surface area (Å²) in [7, 11) is 0. The van der Waals surface area contributed by atoms with Crippen LogP contribution in [0.5, 0.6) is 0 Å². The van der Waals surface area contributed by atoms with Gasteiger partial charge < -0.3 is 0 Å². The van der Waals surface area contributed by atoms with Gasteiger partial charge in [-0.15, -0.1) is 5.10 Å². The molecule has 0 saturated carbocycles. The number of benzene rings is 2. The number of likely N-dealkylation sites (tertiary alicyclic amines) is 1. The van der Waals surface area contributed by atoms with Crippen LogP contribution in [0.15, 0.2) is 60.7 Å². The highest BCUT2D eigenvalue weighted by Gasteiger charge is 2.43. The molecule has 1 aromatic heterocycles. The standard InChI is InChI=1S/C23H27N5/c1-2-13-27-17-22-23(19-11-7-4-8-12-19)24-25-28(22)21-16-26(15-20(21)27)14-18-9-5-3-6-10-18/h3-12,20-21H,2,13-17H2,1H3/t20-,21+/m0/s1. The first-order valence-corrected chi connectivity index (χ1v) is 10.3. The van der Waals surface area contributed by atoms with E-state index in [1.165, 1.54) is 17.7 Å². The molecular weight excluding hydrogens is 346 g/mol. The van der Waals surface area contributed by atoms with Crippen LogP contribution in [-0.2, 0) is 13.1 Å². The van der Waals surface area contributed by atoms with Crippen molar-refractivity contribution in [3.8, 4) is 11.3 Å². The van der Waals surface area contributed by atoms with Gasteiger partial charge >= 0.3 is 0 Å². The molecule has 1 saturated heterocycles. The highest BCUT2D eigenvalue weighted by molar-refractivity contribution is 5.61. The van der Waals surface area contributed by atoms with Crippen molar-refractivity contribution in [1.29, 1.82) is 0 Å². The van der Waals surface area contributed by atoms with Crippen molar-refractivity contribution >= 4 is 0 Å². The van der Waals surface area contributed by atoms with Crippen LogP contribution in [-0.4, -0.2) is 50.5 Å². The molecule has 0 amide bonds. The average Bonchev–Trinajstić information content (AvgIpc) is 3.34. The second kappa shape index (κ2) is 7.49. The molecule has 0 spiro atoms. The number of hydrogen-bond donors (Lipinski definition) is 0. The molecule has 2 aromatic carbocycles. The molecule has 0 aliphatic carbocycles. The molecule has 5 heteroatoms. The van der Waals surface area contributed by atoms with Crippen molar-refractivity contribution in [3.63, 3.8) is 0 Å². The maximum absolute atomic E-state index is 4.63. The summed E-state index contributed by atoms with van der Waals surface area (Å²) >= 11 is 0. The molecule has 0 N–H and O–H groups in total. The Kier molecular flexibility index (Phi) is 4.71. The molecule has 3 heterocycles. The van der Waals surface area contributed by atoms with Crippen molar-refractivity contribution < 1.29 is 0 Å². The lowest BCUT2D eigenvalue weighted by molar-refractivity contribution is 0.122. The lowest BCUT2D eigenvalue weighted by Crippen LogP contribution is -2.46. The maximum Gasteiger partial charge on any atom is 0.117 e. The van der Waals surface area contributed by atoms with E-state index in [1.807, 2.05) is 0 Å². The van der Waals surface area contributed by atoms with Gasteiger partial charge in [0.1, 0.15) is 5.69 Å². The van der Waals surface area contributed by atoms with Gasteiger partial charge in [0.25, 0.3) is 0 Å². The van der Waals surface area contributed by atoms with Crippen LogP contribution in [0, 0.1) is 0 Å². The van der Waals surface area contributed by atoms with Gasteiger partial charge in [-0.25, -0.2) is 4.68 Å². The fourth-order valence-corrected chi connectivity index (χ4v) is 4.81. The largest absolute Gasteiger partial charge is 0.295 e. The van der Waals surface area contributed by atoms with Gasteiger partial charge in [-0.2, -0.15) is 0 Å². The number of rotatable bonds is 5. The third-order valence-electron chi connectivity index (χ3n) is 6.07. The van der Waals surface area contributed by atoms with Crippen molar-refractivity contribution in [3.05, 3.63) is 71.9 Å². The van der Waals surface area contributed by atoms with E-state index in [4.69, 9.17) is 0 Å². The Hall–Kier alpha value is -2.50. The summed E-state index contributed by atoms with van der Waals surface area (Å²) < 4.78 is 2.23. The molecule has 5 nitrogen and oxygen atoms in total. The van der Waals surface area contributed by atoms with Crippen molar-refractivity contribution in [1.82, 2.24) is 24.8 Å². The van der Waals surface area contributed by atoms with Crippen molar-refractivity contribution in [2.24, 2.45) is 0 Å².